The number of sulfonamides is 1. The Hall–Kier alpha value is -1.65. The lowest BCUT2D eigenvalue weighted by molar-refractivity contribution is -0.134. The van der Waals surface area contributed by atoms with Gasteiger partial charge in [0.2, 0.25) is 15.9 Å². The summed E-state index contributed by atoms with van der Waals surface area (Å²) >= 11 is 3.25. The molecule has 0 radical (unpaired) electrons. The van der Waals surface area contributed by atoms with Crippen molar-refractivity contribution >= 4 is 38.0 Å². The molecule has 1 aliphatic heterocycles. The number of carbonyl (C=O) groups is 2. The third-order valence-corrected chi connectivity index (χ3v) is 6.03. The topological polar surface area (TPSA) is 96.0 Å². The van der Waals surface area contributed by atoms with Gasteiger partial charge in [0.25, 0.3) is 0 Å². The normalized spacial score (nSPS) is 16.3. The number of nitrogens with one attached hydrogen (secondary N) is 1. The van der Waals surface area contributed by atoms with Crippen molar-refractivity contribution in [2.24, 2.45) is 0 Å². The minimum absolute atomic E-state index is 0.0903. The van der Waals surface area contributed by atoms with Crippen molar-refractivity contribution in [3.63, 3.8) is 0 Å². The Labute approximate surface area is 161 Å². The summed E-state index contributed by atoms with van der Waals surface area (Å²) < 4.78 is 32.9. The third-order valence-electron chi connectivity index (χ3n) is 3.94. The van der Waals surface area contributed by atoms with Gasteiger partial charge in [0.1, 0.15) is 0 Å². The van der Waals surface area contributed by atoms with E-state index in [9.17, 15) is 18.0 Å². The van der Waals surface area contributed by atoms with Crippen LogP contribution in [-0.4, -0.2) is 69.0 Å². The number of hydrogen-bond acceptors (Lipinski definition) is 5. The number of benzene rings is 1. The second-order valence-electron chi connectivity index (χ2n) is 5.81. The van der Waals surface area contributed by atoms with Crippen LogP contribution in [-0.2, 0) is 19.6 Å². The number of ether oxygens (including phenoxy) is 1. The Kier molecular flexibility index (Phi) is 7.01. The maximum Gasteiger partial charge on any atom is 0.409 e. The molecular formula is C16H22BrN3O5S. The van der Waals surface area contributed by atoms with Crippen LogP contribution < -0.4 is 4.72 Å². The van der Waals surface area contributed by atoms with E-state index in [1.807, 2.05) is 0 Å². The summed E-state index contributed by atoms with van der Waals surface area (Å²) in [6.07, 6.45) is -0.399. The van der Waals surface area contributed by atoms with Crippen LogP contribution in [0.3, 0.4) is 0 Å². The lowest BCUT2D eigenvalue weighted by Gasteiger charge is -2.35. The summed E-state index contributed by atoms with van der Waals surface area (Å²) in [5, 5.41) is 0. The van der Waals surface area contributed by atoms with Gasteiger partial charge in [0, 0.05) is 30.7 Å². The first-order chi connectivity index (χ1) is 12.2. The zero-order valence-electron chi connectivity index (χ0n) is 14.6. The van der Waals surface area contributed by atoms with E-state index in [2.05, 4.69) is 20.7 Å². The van der Waals surface area contributed by atoms with Gasteiger partial charge in [-0.3, -0.25) is 4.79 Å². The number of hydrogen-bond donors (Lipinski definition) is 1. The van der Waals surface area contributed by atoms with Gasteiger partial charge in [-0.1, -0.05) is 15.9 Å². The first-order valence-corrected chi connectivity index (χ1v) is 10.5. The molecule has 1 aromatic rings. The molecule has 0 bridgehead atoms. The van der Waals surface area contributed by atoms with E-state index < -0.39 is 22.2 Å². The van der Waals surface area contributed by atoms with E-state index in [4.69, 9.17) is 4.74 Å². The molecule has 0 aliphatic carbocycles. The highest BCUT2D eigenvalue weighted by Crippen LogP contribution is 2.15. The fraction of sp³-hybridized carbons (Fsp3) is 0.500. The van der Waals surface area contributed by atoms with Gasteiger partial charge in [-0.25, -0.2) is 13.2 Å². The summed E-state index contributed by atoms with van der Waals surface area (Å²) in [5.74, 6) is -0.325. The van der Waals surface area contributed by atoms with Crippen molar-refractivity contribution < 1.29 is 22.7 Å². The Morgan fingerprint density at radius 1 is 1.15 bits per heavy atom. The van der Waals surface area contributed by atoms with E-state index in [1.54, 1.807) is 24.0 Å². The highest BCUT2D eigenvalue weighted by Gasteiger charge is 2.29. The summed E-state index contributed by atoms with van der Waals surface area (Å²) in [5.41, 5.74) is 0. The molecule has 1 heterocycles. The first-order valence-electron chi connectivity index (χ1n) is 8.23. The van der Waals surface area contributed by atoms with Crippen LogP contribution >= 0.6 is 15.9 Å². The predicted molar refractivity (Wildman–Crippen MR) is 99.1 cm³/mol. The van der Waals surface area contributed by atoms with E-state index in [1.165, 1.54) is 24.0 Å². The van der Waals surface area contributed by atoms with Gasteiger partial charge in [-0.15, -0.1) is 0 Å². The highest BCUT2D eigenvalue weighted by molar-refractivity contribution is 9.10. The molecule has 1 N–H and O–H groups in total. The standard InChI is InChI=1S/C16H22BrN3O5S/c1-3-25-16(22)20-10-8-19(9-11-20)15(21)12(2)18-26(23,24)14-6-4-13(17)5-7-14/h4-7,12,18H,3,8-11H2,1-2H3. The number of rotatable bonds is 5. The third kappa shape index (κ3) is 5.18. The monoisotopic (exact) mass is 447 g/mol. The number of piperazine rings is 1. The van der Waals surface area contributed by atoms with Crippen LogP contribution in [0.5, 0.6) is 0 Å². The van der Waals surface area contributed by atoms with E-state index in [0.29, 0.717) is 32.8 Å². The van der Waals surface area contributed by atoms with Gasteiger partial charge in [-0.2, -0.15) is 4.72 Å². The molecule has 0 saturated carbocycles. The molecule has 0 spiro atoms. The Bertz CT molecular complexity index is 746. The minimum Gasteiger partial charge on any atom is -0.450 e. The zero-order chi connectivity index (χ0) is 19.3. The van der Waals surface area contributed by atoms with Gasteiger partial charge < -0.3 is 14.5 Å². The molecule has 1 saturated heterocycles. The maximum atomic E-state index is 12.5. The van der Waals surface area contributed by atoms with E-state index in [0.717, 1.165) is 4.47 Å². The average molecular weight is 448 g/mol. The lowest BCUT2D eigenvalue weighted by Crippen LogP contribution is -2.55. The molecule has 144 valence electrons. The van der Waals surface area contributed by atoms with Crippen molar-refractivity contribution in [1.29, 1.82) is 0 Å². The van der Waals surface area contributed by atoms with Crippen LogP contribution in [0.15, 0.2) is 33.6 Å². The minimum atomic E-state index is -3.79. The molecule has 1 fully saturated rings. The molecule has 10 heteroatoms. The van der Waals surface area contributed by atoms with E-state index >= 15 is 0 Å². The molecule has 26 heavy (non-hydrogen) atoms. The SMILES string of the molecule is CCOC(=O)N1CCN(C(=O)C(C)NS(=O)(=O)c2ccc(Br)cc2)CC1. The number of amides is 2. The number of nitrogens with zero attached hydrogens (tertiary/aromatic N) is 2. The van der Waals surface area contributed by atoms with Crippen LogP contribution in [0.25, 0.3) is 0 Å². The van der Waals surface area contributed by atoms with Crippen molar-refractivity contribution in [3.05, 3.63) is 28.7 Å². The zero-order valence-corrected chi connectivity index (χ0v) is 17.0. The van der Waals surface area contributed by atoms with Gasteiger partial charge in [0.15, 0.2) is 0 Å². The lowest BCUT2D eigenvalue weighted by atomic mass is 10.2. The van der Waals surface area contributed by atoms with Crippen molar-refractivity contribution in [2.45, 2.75) is 24.8 Å². The van der Waals surface area contributed by atoms with Crippen molar-refractivity contribution in [3.8, 4) is 0 Å². The number of halogens is 1. The van der Waals surface area contributed by atoms with E-state index in [-0.39, 0.29) is 10.8 Å². The van der Waals surface area contributed by atoms with Crippen molar-refractivity contribution in [2.75, 3.05) is 32.8 Å². The fourth-order valence-electron chi connectivity index (χ4n) is 2.56. The Morgan fingerprint density at radius 3 is 2.23 bits per heavy atom. The molecule has 8 nitrogen and oxygen atoms in total. The molecule has 0 aromatic heterocycles. The predicted octanol–water partition coefficient (Wildman–Crippen LogP) is 1.42. The van der Waals surface area contributed by atoms with Crippen LogP contribution in [0, 0.1) is 0 Å². The molecule has 1 aromatic carbocycles. The molecular weight excluding hydrogens is 426 g/mol. The van der Waals surface area contributed by atoms with Gasteiger partial charge in [0.05, 0.1) is 17.5 Å². The van der Waals surface area contributed by atoms with Crippen LogP contribution in [0.2, 0.25) is 0 Å². The molecule has 1 aliphatic rings. The average Bonchev–Trinajstić information content (AvgIpc) is 2.61. The maximum absolute atomic E-state index is 12.5. The highest BCUT2D eigenvalue weighted by atomic mass is 79.9. The summed E-state index contributed by atoms with van der Waals surface area (Å²) in [6.45, 7) is 4.93. The smallest absolute Gasteiger partial charge is 0.409 e. The Balaban J connectivity index is 1.93. The largest absolute Gasteiger partial charge is 0.450 e. The second-order valence-corrected chi connectivity index (χ2v) is 8.44. The second kappa shape index (κ2) is 8.83. The van der Waals surface area contributed by atoms with Crippen molar-refractivity contribution in [1.82, 2.24) is 14.5 Å². The number of carbonyl (C=O) groups excluding carboxylic acids is 2. The molecule has 1 atom stereocenters. The quantitative estimate of drug-likeness (QED) is 0.735. The summed E-state index contributed by atoms with van der Waals surface area (Å²) in [4.78, 5) is 27.4. The molecule has 2 amide bonds. The van der Waals surface area contributed by atoms with Gasteiger partial charge >= 0.3 is 6.09 Å². The summed E-state index contributed by atoms with van der Waals surface area (Å²) in [6, 6.07) is 5.26. The van der Waals surface area contributed by atoms with Crippen LogP contribution in [0.4, 0.5) is 4.79 Å². The van der Waals surface area contributed by atoms with Crippen LogP contribution in [0.1, 0.15) is 13.8 Å². The fourth-order valence-corrected chi connectivity index (χ4v) is 4.02. The Morgan fingerprint density at radius 2 is 1.69 bits per heavy atom. The first kappa shape index (κ1) is 20.7. The van der Waals surface area contributed by atoms with Gasteiger partial charge in [-0.05, 0) is 38.1 Å². The molecule has 1 unspecified atom stereocenters. The molecule has 2 rings (SSSR count). The summed E-state index contributed by atoms with van der Waals surface area (Å²) in [7, 11) is -3.79.